The summed E-state index contributed by atoms with van der Waals surface area (Å²) in [6.07, 6.45) is 8.94. The van der Waals surface area contributed by atoms with Gasteiger partial charge in [-0.1, -0.05) is 24.3 Å². The van der Waals surface area contributed by atoms with Crippen molar-refractivity contribution in [2.75, 3.05) is 26.8 Å². The van der Waals surface area contributed by atoms with E-state index >= 15 is 0 Å². The highest BCUT2D eigenvalue weighted by Gasteiger charge is 2.34. The van der Waals surface area contributed by atoms with Gasteiger partial charge in [0, 0.05) is 38.5 Å². The molecule has 29 heavy (non-hydrogen) atoms. The van der Waals surface area contributed by atoms with Crippen molar-refractivity contribution in [3.05, 3.63) is 47.8 Å². The molecule has 1 aromatic heterocycles. The van der Waals surface area contributed by atoms with E-state index in [1.807, 2.05) is 36.8 Å². The quantitative estimate of drug-likeness (QED) is 0.837. The number of carbonyl (C=O) groups excluding carboxylic acids is 1. The van der Waals surface area contributed by atoms with Crippen LogP contribution in [-0.2, 0) is 11.8 Å². The van der Waals surface area contributed by atoms with Crippen LogP contribution < -0.4 is 4.74 Å². The molecule has 0 bridgehead atoms. The standard InChI is InChI=1S/C22H27N3O4/c1-14-23-21-17(25(14)3)12-15(22(27)24(2)9-10-26)13-20(21)29-19-8-11-28-18-7-5-4-6-16(18)19/h4-7,12-13,16,18-19,26H,8-11H2,1-3H3. The van der Waals surface area contributed by atoms with E-state index in [1.165, 1.54) is 4.90 Å². The lowest BCUT2D eigenvalue weighted by molar-refractivity contribution is -0.0436. The average Bonchev–Trinajstić information content (AvgIpc) is 3.02. The van der Waals surface area contributed by atoms with Crippen LogP contribution in [0, 0.1) is 12.8 Å². The lowest BCUT2D eigenvalue weighted by Crippen LogP contribution is -2.41. The molecule has 4 rings (SSSR count). The van der Waals surface area contributed by atoms with Gasteiger partial charge < -0.3 is 24.0 Å². The number of nitrogens with zero attached hydrogens (tertiary/aromatic N) is 3. The Morgan fingerprint density at radius 2 is 2.17 bits per heavy atom. The number of hydrogen-bond acceptors (Lipinski definition) is 5. The molecule has 0 spiro atoms. The van der Waals surface area contributed by atoms with Crippen molar-refractivity contribution in [3.63, 3.8) is 0 Å². The van der Waals surface area contributed by atoms with Gasteiger partial charge in [0.25, 0.3) is 5.91 Å². The molecule has 3 unspecified atom stereocenters. The summed E-state index contributed by atoms with van der Waals surface area (Å²) in [5.41, 5.74) is 2.13. The van der Waals surface area contributed by atoms with Crippen LogP contribution in [0.2, 0.25) is 0 Å². The Kier molecular flexibility index (Phi) is 5.43. The van der Waals surface area contributed by atoms with Gasteiger partial charge in [0.2, 0.25) is 0 Å². The molecule has 1 aromatic carbocycles. The molecular weight excluding hydrogens is 370 g/mol. The highest BCUT2D eigenvalue weighted by atomic mass is 16.5. The number of hydrogen-bond donors (Lipinski definition) is 1. The molecule has 0 saturated carbocycles. The topological polar surface area (TPSA) is 76.8 Å². The smallest absolute Gasteiger partial charge is 0.253 e. The molecule has 1 aliphatic carbocycles. The highest BCUT2D eigenvalue weighted by molar-refractivity contribution is 5.99. The van der Waals surface area contributed by atoms with Gasteiger partial charge in [-0.15, -0.1) is 0 Å². The lowest BCUT2D eigenvalue weighted by atomic mass is 9.88. The first-order chi connectivity index (χ1) is 14.0. The average molecular weight is 397 g/mol. The summed E-state index contributed by atoms with van der Waals surface area (Å²) in [4.78, 5) is 19.0. The Hall–Kier alpha value is -2.64. The third-order valence-corrected chi connectivity index (χ3v) is 5.75. The second kappa shape index (κ2) is 8.00. The summed E-state index contributed by atoms with van der Waals surface area (Å²) in [5.74, 6) is 1.43. The normalized spacial score (nSPS) is 23.2. The molecule has 7 nitrogen and oxygen atoms in total. The van der Waals surface area contributed by atoms with E-state index in [-0.39, 0.29) is 37.2 Å². The van der Waals surface area contributed by atoms with Crippen molar-refractivity contribution in [2.45, 2.75) is 25.6 Å². The number of likely N-dealkylation sites (N-methyl/N-ethyl adjacent to an activating group) is 1. The molecule has 1 aliphatic heterocycles. The number of aliphatic hydroxyl groups is 1. The Bertz CT molecular complexity index is 978. The van der Waals surface area contributed by atoms with Gasteiger partial charge in [0.15, 0.2) is 0 Å². The van der Waals surface area contributed by atoms with Crippen LogP contribution in [-0.4, -0.2) is 64.5 Å². The van der Waals surface area contributed by atoms with Crippen LogP contribution >= 0.6 is 0 Å². The van der Waals surface area contributed by atoms with Crippen molar-refractivity contribution in [3.8, 4) is 5.75 Å². The minimum Gasteiger partial charge on any atom is -0.487 e. The maximum atomic E-state index is 12.9. The molecule has 3 atom stereocenters. The van der Waals surface area contributed by atoms with Gasteiger partial charge in [0.05, 0.1) is 24.8 Å². The number of aromatic nitrogens is 2. The number of allylic oxidation sites excluding steroid dienone is 2. The molecule has 2 aromatic rings. The van der Waals surface area contributed by atoms with Gasteiger partial charge >= 0.3 is 0 Å². The second-order valence-corrected chi connectivity index (χ2v) is 7.64. The number of benzene rings is 1. The van der Waals surface area contributed by atoms with Crippen LogP contribution in [0.1, 0.15) is 22.6 Å². The van der Waals surface area contributed by atoms with E-state index in [1.54, 1.807) is 13.1 Å². The molecule has 1 amide bonds. The van der Waals surface area contributed by atoms with Gasteiger partial charge in [-0.05, 0) is 19.1 Å². The maximum Gasteiger partial charge on any atom is 0.253 e. The Balaban J connectivity index is 1.72. The second-order valence-electron chi connectivity index (χ2n) is 7.64. The maximum absolute atomic E-state index is 12.9. The Morgan fingerprint density at radius 3 is 2.97 bits per heavy atom. The van der Waals surface area contributed by atoms with Gasteiger partial charge in [-0.3, -0.25) is 4.79 Å². The fraction of sp³-hybridized carbons (Fsp3) is 0.455. The van der Waals surface area contributed by atoms with E-state index in [9.17, 15) is 9.90 Å². The van der Waals surface area contributed by atoms with Gasteiger partial charge in [0.1, 0.15) is 23.2 Å². The SMILES string of the molecule is Cc1nc2c(OC3CCOC4C=CC=CC43)cc(C(=O)N(C)CCO)cc2n1C. The molecule has 154 valence electrons. The minimum atomic E-state index is -0.157. The van der Waals surface area contributed by atoms with Crippen LogP contribution in [0.15, 0.2) is 36.4 Å². The zero-order valence-corrected chi connectivity index (χ0v) is 17.0. The number of aliphatic hydroxyl groups excluding tert-OH is 1. The first kappa shape index (κ1) is 19.7. The predicted octanol–water partition coefficient (Wildman–Crippen LogP) is 2.22. The zero-order chi connectivity index (χ0) is 20.5. The zero-order valence-electron chi connectivity index (χ0n) is 17.0. The first-order valence-corrected chi connectivity index (χ1v) is 9.96. The third-order valence-electron chi connectivity index (χ3n) is 5.75. The first-order valence-electron chi connectivity index (χ1n) is 9.96. The van der Waals surface area contributed by atoms with E-state index in [0.29, 0.717) is 17.9 Å². The number of carbonyl (C=O) groups is 1. The summed E-state index contributed by atoms with van der Waals surface area (Å²) in [6.45, 7) is 2.76. The van der Waals surface area contributed by atoms with E-state index in [0.717, 1.165) is 23.3 Å². The number of fused-ring (bicyclic) bond motifs is 2. The fourth-order valence-corrected chi connectivity index (χ4v) is 3.98. The molecule has 0 radical (unpaired) electrons. The van der Waals surface area contributed by atoms with Crippen molar-refractivity contribution >= 4 is 16.9 Å². The third kappa shape index (κ3) is 3.68. The molecule has 1 saturated heterocycles. The number of imidazole rings is 1. The van der Waals surface area contributed by atoms with Crippen molar-refractivity contribution in [2.24, 2.45) is 13.0 Å². The van der Waals surface area contributed by atoms with Crippen LogP contribution in [0.4, 0.5) is 0 Å². The van der Waals surface area contributed by atoms with Crippen LogP contribution in [0.25, 0.3) is 11.0 Å². The summed E-state index contributed by atoms with van der Waals surface area (Å²) in [7, 11) is 3.61. The Labute approximate surface area is 170 Å². The Morgan fingerprint density at radius 1 is 1.38 bits per heavy atom. The van der Waals surface area contributed by atoms with Crippen LogP contribution in [0.5, 0.6) is 5.75 Å². The highest BCUT2D eigenvalue weighted by Crippen LogP contribution is 2.34. The van der Waals surface area contributed by atoms with Gasteiger partial charge in [-0.2, -0.15) is 0 Å². The van der Waals surface area contributed by atoms with Crippen molar-refractivity contribution in [1.29, 1.82) is 0 Å². The monoisotopic (exact) mass is 397 g/mol. The molecule has 1 N–H and O–H groups in total. The molecule has 1 fully saturated rings. The summed E-state index contributed by atoms with van der Waals surface area (Å²) in [6, 6.07) is 3.62. The molecule has 2 heterocycles. The molecule has 2 aliphatic rings. The number of ether oxygens (including phenoxy) is 2. The summed E-state index contributed by atoms with van der Waals surface area (Å²) < 4.78 is 14.3. The summed E-state index contributed by atoms with van der Waals surface area (Å²) in [5, 5.41) is 9.18. The van der Waals surface area contributed by atoms with Crippen molar-refractivity contribution in [1.82, 2.24) is 14.5 Å². The van der Waals surface area contributed by atoms with E-state index in [4.69, 9.17) is 9.47 Å². The minimum absolute atomic E-state index is 0.0141. The predicted molar refractivity (Wildman–Crippen MR) is 110 cm³/mol. The molecule has 7 heteroatoms. The fourth-order valence-electron chi connectivity index (χ4n) is 3.98. The van der Waals surface area contributed by atoms with Gasteiger partial charge in [-0.25, -0.2) is 4.98 Å². The number of aryl methyl sites for hydroxylation is 2. The largest absolute Gasteiger partial charge is 0.487 e. The van der Waals surface area contributed by atoms with E-state index in [2.05, 4.69) is 17.1 Å². The molecular formula is C22H27N3O4. The van der Waals surface area contributed by atoms with E-state index < -0.39 is 0 Å². The van der Waals surface area contributed by atoms with Crippen LogP contribution in [0.3, 0.4) is 0 Å². The lowest BCUT2D eigenvalue weighted by Gasteiger charge is -2.36. The summed E-state index contributed by atoms with van der Waals surface area (Å²) >= 11 is 0. The number of rotatable bonds is 5. The van der Waals surface area contributed by atoms with Crippen molar-refractivity contribution < 1.29 is 19.4 Å². The number of amides is 1.